The molecule has 0 radical (unpaired) electrons. The number of hydrogen-bond donors (Lipinski definition) is 2. The van der Waals surface area contributed by atoms with Crippen LogP contribution in [0.15, 0.2) is 72.0 Å². The molecule has 1 atom stereocenters. The molecule has 3 aromatic rings. The summed E-state index contributed by atoms with van der Waals surface area (Å²) in [7, 11) is 1.62. The lowest BCUT2D eigenvalue weighted by atomic mass is 9.83. The number of nitrogens with zero attached hydrogens (tertiary/aromatic N) is 2. The number of aliphatic imine (C=N–C) groups is 1. The Balaban J connectivity index is 0.000000806. The van der Waals surface area contributed by atoms with Crippen molar-refractivity contribution in [1.29, 1.82) is 0 Å². The number of halogens is 1. The first-order valence-corrected chi connectivity index (χ1v) is 8.94. The zero-order valence-corrected chi connectivity index (χ0v) is 16.2. The summed E-state index contributed by atoms with van der Waals surface area (Å²) >= 11 is 0. The number of amidine groups is 1. The molecule has 0 saturated carbocycles. The number of carboxylic acid groups (broad SMARTS) is 1. The summed E-state index contributed by atoms with van der Waals surface area (Å²) in [5.74, 6) is 0.374. The van der Waals surface area contributed by atoms with Crippen LogP contribution in [0.3, 0.4) is 0 Å². The number of nitrogens with two attached hydrogens (primary N) is 1. The number of methoxy groups -OCH3 is 1. The molecule has 1 aromatic heterocycles. The quantitative estimate of drug-likeness (QED) is 0.641. The zero-order valence-electron chi connectivity index (χ0n) is 16.2. The summed E-state index contributed by atoms with van der Waals surface area (Å²) in [4.78, 5) is 16.9. The second-order valence-corrected chi connectivity index (χ2v) is 6.41. The maximum absolute atomic E-state index is 13.6. The van der Waals surface area contributed by atoms with Gasteiger partial charge < -0.3 is 20.3 Å². The summed E-state index contributed by atoms with van der Waals surface area (Å²) in [5, 5.41) is 6.89. The van der Waals surface area contributed by atoms with Gasteiger partial charge in [-0.05, 0) is 41.0 Å². The van der Waals surface area contributed by atoms with E-state index in [1.807, 2.05) is 48.5 Å². The van der Waals surface area contributed by atoms with Gasteiger partial charge in [0.2, 0.25) is 0 Å². The standard InChI is InChI=1S/C21H18FN3O2.CH2O2/c1-26-19-7-5-16(6-8-19)21(13-27-20(23)25-21)17-4-2-3-14(9-17)15-10-18(22)12-24-11-15;2-1-3/h2-12H,13H2,1H3,(H2,23,25);1H,(H,2,3). The van der Waals surface area contributed by atoms with Crippen molar-refractivity contribution in [3.63, 3.8) is 0 Å². The fourth-order valence-electron chi connectivity index (χ4n) is 3.29. The molecule has 1 unspecified atom stereocenters. The van der Waals surface area contributed by atoms with E-state index in [2.05, 4.69) is 9.98 Å². The highest BCUT2D eigenvalue weighted by atomic mass is 19.1. The van der Waals surface area contributed by atoms with Crippen molar-refractivity contribution in [1.82, 2.24) is 4.98 Å². The van der Waals surface area contributed by atoms with Gasteiger partial charge in [0, 0.05) is 11.8 Å². The van der Waals surface area contributed by atoms with Crippen LogP contribution >= 0.6 is 0 Å². The summed E-state index contributed by atoms with van der Waals surface area (Å²) < 4.78 is 24.4. The topological polar surface area (TPSA) is 107 Å². The Kier molecular flexibility index (Phi) is 6.26. The van der Waals surface area contributed by atoms with Gasteiger partial charge in [0.25, 0.3) is 12.5 Å². The minimum atomic E-state index is -0.771. The molecule has 1 aliphatic heterocycles. The van der Waals surface area contributed by atoms with Crippen LogP contribution in [0.4, 0.5) is 4.39 Å². The minimum Gasteiger partial charge on any atom is -0.497 e. The van der Waals surface area contributed by atoms with Gasteiger partial charge in [-0.25, -0.2) is 9.38 Å². The van der Waals surface area contributed by atoms with Crippen molar-refractivity contribution < 1.29 is 23.8 Å². The van der Waals surface area contributed by atoms with Crippen LogP contribution in [0, 0.1) is 5.82 Å². The molecule has 4 rings (SSSR count). The van der Waals surface area contributed by atoms with Crippen molar-refractivity contribution >= 4 is 12.5 Å². The predicted octanol–water partition coefficient (Wildman–Crippen LogP) is 3.19. The predicted molar refractivity (Wildman–Crippen MR) is 110 cm³/mol. The smallest absolute Gasteiger partial charge is 0.290 e. The van der Waals surface area contributed by atoms with E-state index in [9.17, 15) is 4.39 Å². The normalized spacial score (nSPS) is 17.2. The molecule has 0 spiro atoms. The maximum Gasteiger partial charge on any atom is 0.290 e. The highest BCUT2D eigenvalue weighted by molar-refractivity contribution is 5.75. The first kappa shape index (κ1) is 20.8. The third-order valence-electron chi connectivity index (χ3n) is 4.68. The largest absolute Gasteiger partial charge is 0.497 e. The monoisotopic (exact) mass is 409 g/mol. The van der Waals surface area contributed by atoms with Gasteiger partial charge in [0.15, 0.2) is 5.54 Å². The molecule has 3 N–H and O–H groups in total. The summed E-state index contributed by atoms with van der Waals surface area (Å²) in [6.45, 7) is 0.0377. The highest BCUT2D eigenvalue weighted by Crippen LogP contribution is 2.39. The first-order chi connectivity index (χ1) is 14.5. The summed E-state index contributed by atoms with van der Waals surface area (Å²) in [5.41, 5.74) is 8.44. The van der Waals surface area contributed by atoms with Gasteiger partial charge >= 0.3 is 0 Å². The van der Waals surface area contributed by atoms with Crippen LogP contribution in [0.1, 0.15) is 11.1 Å². The fraction of sp³-hybridized carbons (Fsp3) is 0.136. The summed E-state index contributed by atoms with van der Waals surface area (Å²) in [6.07, 6.45) is 2.81. The molecule has 1 aliphatic rings. The van der Waals surface area contributed by atoms with E-state index in [1.165, 1.54) is 12.3 Å². The van der Waals surface area contributed by atoms with E-state index in [0.29, 0.717) is 5.56 Å². The molecule has 0 aliphatic carbocycles. The second-order valence-electron chi connectivity index (χ2n) is 6.41. The first-order valence-electron chi connectivity index (χ1n) is 8.94. The number of carbonyl (C=O) groups is 1. The lowest BCUT2D eigenvalue weighted by molar-refractivity contribution is -0.122. The number of aromatic nitrogens is 1. The van der Waals surface area contributed by atoms with E-state index in [1.54, 1.807) is 13.3 Å². The zero-order chi connectivity index (χ0) is 21.6. The number of ether oxygens (including phenoxy) is 2. The molecule has 2 aromatic carbocycles. The molecular formula is C22H20FN3O4. The fourth-order valence-corrected chi connectivity index (χ4v) is 3.29. The molecule has 30 heavy (non-hydrogen) atoms. The van der Waals surface area contributed by atoms with Gasteiger partial charge in [0.1, 0.15) is 18.2 Å². The van der Waals surface area contributed by atoms with Gasteiger partial charge in [-0.3, -0.25) is 9.78 Å². The van der Waals surface area contributed by atoms with E-state index in [-0.39, 0.29) is 24.9 Å². The highest BCUT2D eigenvalue weighted by Gasteiger charge is 2.40. The Morgan fingerprint density at radius 1 is 1.13 bits per heavy atom. The molecule has 0 bridgehead atoms. The van der Waals surface area contributed by atoms with Crippen molar-refractivity contribution in [2.24, 2.45) is 10.7 Å². The molecule has 2 heterocycles. The Bertz CT molecular complexity index is 1060. The maximum atomic E-state index is 13.6. The summed E-state index contributed by atoms with van der Waals surface area (Å²) in [6, 6.07) is 17.0. The molecule has 8 heteroatoms. The van der Waals surface area contributed by atoms with Crippen molar-refractivity contribution in [3.05, 3.63) is 83.9 Å². The van der Waals surface area contributed by atoms with Crippen LogP contribution in [0.2, 0.25) is 0 Å². The third kappa shape index (κ3) is 4.22. The Labute approximate surface area is 172 Å². The van der Waals surface area contributed by atoms with E-state index in [0.717, 1.165) is 22.4 Å². The van der Waals surface area contributed by atoms with Crippen LogP contribution in [0.25, 0.3) is 11.1 Å². The lowest BCUT2D eigenvalue weighted by Gasteiger charge is -2.26. The SMILES string of the molecule is COc1ccc(C2(c3cccc(-c4cncc(F)c4)c3)COC(N)=N2)cc1.O=CO. The second kappa shape index (κ2) is 9.04. The lowest BCUT2D eigenvalue weighted by Crippen LogP contribution is -2.27. The van der Waals surface area contributed by atoms with E-state index >= 15 is 0 Å². The average Bonchev–Trinajstić information content (AvgIpc) is 3.17. The van der Waals surface area contributed by atoms with Crippen LogP contribution in [-0.2, 0) is 15.1 Å². The number of benzene rings is 2. The average molecular weight is 409 g/mol. The van der Waals surface area contributed by atoms with Gasteiger partial charge in [-0.2, -0.15) is 0 Å². The minimum absolute atomic E-state index is 0.142. The van der Waals surface area contributed by atoms with Crippen molar-refractivity contribution in [3.8, 4) is 16.9 Å². The molecule has 7 nitrogen and oxygen atoms in total. The van der Waals surface area contributed by atoms with E-state index < -0.39 is 5.54 Å². The number of pyridine rings is 1. The molecule has 0 fully saturated rings. The Morgan fingerprint density at radius 2 is 1.87 bits per heavy atom. The molecule has 154 valence electrons. The van der Waals surface area contributed by atoms with Gasteiger partial charge in [-0.1, -0.05) is 30.3 Å². The third-order valence-corrected chi connectivity index (χ3v) is 4.68. The molecular weight excluding hydrogens is 389 g/mol. The van der Waals surface area contributed by atoms with Gasteiger partial charge in [0.05, 0.1) is 13.3 Å². The molecule has 0 amide bonds. The Morgan fingerprint density at radius 3 is 2.47 bits per heavy atom. The number of rotatable bonds is 4. The Hall–Kier alpha value is -3.94. The van der Waals surface area contributed by atoms with Crippen molar-refractivity contribution in [2.75, 3.05) is 13.7 Å². The molecule has 0 saturated heterocycles. The van der Waals surface area contributed by atoms with Crippen LogP contribution in [-0.4, -0.2) is 36.3 Å². The van der Waals surface area contributed by atoms with Crippen LogP contribution < -0.4 is 10.5 Å². The van der Waals surface area contributed by atoms with E-state index in [4.69, 9.17) is 25.1 Å². The van der Waals surface area contributed by atoms with Crippen molar-refractivity contribution in [2.45, 2.75) is 5.54 Å². The number of hydrogen-bond acceptors (Lipinski definition) is 6. The van der Waals surface area contributed by atoms with Crippen LogP contribution in [0.5, 0.6) is 5.75 Å². The van der Waals surface area contributed by atoms with Gasteiger partial charge in [-0.15, -0.1) is 0 Å².